The SMILES string of the molecule is C=C(CC[C@](C)(O)[C@H]1CC[C@H]2[C@@H]3[C@H](O)C=C4C[C@@H](O)CC[C@]4(C)[C@H]3CC[C@@]21C)C(C)C. The minimum Gasteiger partial charge on any atom is -0.393 e. The molecule has 4 aliphatic carbocycles. The van der Waals surface area contributed by atoms with Gasteiger partial charge in [0.05, 0.1) is 17.8 Å². The Labute approximate surface area is 190 Å². The van der Waals surface area contributed by atoms with Crippen LogP contribution in [0.3, 0.4) is 0 Å². The molecule has 3 saturated carbocycles. The summed E-state index contributed by atoms with van der Waals surface area (Å²) in [5.74, 6) is 2.00. The van der Waals surface area contributed by atoms with Crippen LogP contribution in [0.25, 0.3) is 0 Å². The van der Waals surface area contributed by atoms with Gasteiger partial charge in [0.15, 0.2) is 0 Å². The molecule has 0 radical (unpaired) electrons. The maximum Gasteiger partial charge on any atom is 0.0757 e. The molecule has 0 bridgehead atoms. The van der Waals surface area contributed by atoms with E-state index < -0.39 is 11.7 Å². The summed E-state index contributed by atoms with van der Waals surface area (Å²) < 4.78 is 0. The van der Waals surface area contributed by atoms with Crippen molar-refractivity contribution in [1.29, 1.82) is 0 Å². The predicted octanol–water partition coefficient (Wildman–Crippen LogP) is 5.64. The largest absolute Gasteiger partial charge is 0.393 e. The van der Waals surface area contributed by atoms with Crippen LogP contribution in [0, 0.1) is 40.4 Å². The normalized spacial score (nSPS) is 46.5. The molecular weight excluding hydrogens is 384 g/mol. The maximum atomic E-state index is 11.6. The third-order valence-corrected chi connectivity index (χ3v) is 10.6. The fourth-order valence-electron chi connectivity index (χ4n) is 8.53. The highest BCUT2D eigenvalue weighted by Crippen LogP contribution is 2.67. The van der Waals surface area contributed by atoms with Crippen LogP contribution < -0.4 is 0 Å². The van der Waals surface area contributed by atoms with E-state index in [9.17, 15) is 15.3 Å². The van der Waals surface area contributed by atoms with Crippen LogP contribution in [-0.4, -0.2) is 33.1 Å². The standard InChI is InChI=1S/C28H46O3/c1-17(2)18(3)9-14-28(6,31)24-8-7-21-25-22(11-13-27(21,24)5)26(4)12-10-20(29)15-19(26)16-23(25)30/h16-17,20-25,29-31H,3,7-15H2,1-2,4-6H3/t20-,21-,22-,23+,24-,25-,26-,27-,28-/m0/s1. The summed E-state index contributed by atoms with van der Waals surface area (Å²) in [6.45, 7) is 15.5. The molecule has 0 aromatic carbocycles. The molecule has 4 rings (SSSR count). The van der Waals surface area contributed by atoms with Gasteiger partial charge < -0.3 is 15.3 Å². The van der Waals surface area contributed by atoms with Crippen molar-refractivity contribution in [3.8, 4) is 0 Å². The molecule has 31 heavy (non-hydrogen) atoms. The number of rotatable bonds is 5. The van der Waals surface area contributed by atoms with Crippen LogP contribution in [0.4, 0.5) is 0 Å². The lowest BCUT2D eigenvalue weighted by Gasteiger charge is -2.60. The van der Waals surface area contributed by atoms with Crippen LogP contribution in [-0.2, 0) is 0 Å². The molecule has 0 aliphatic heterocycles. The zero-order valence-electron chi connectivity index (χ0n) is 20.5. The minimum atomic E-state index is -0.687. The molecule has 0 aromatic heterocycles. The number of aliphatic hydroxyl groups is 3. The number of fused-ring (bicyclic) bond motifs is 5. The third-order valence-electron chi connectivity index (χ3n) is 10.6. The summed E-state index contributed by atoms with van der Waals surface area (Å²) in [6.07, 6.45) is 10.2. The molecule has 3 nitrogen and oxygen atoms in total. The Bertz CT molecular complexity index is 737. The topological polar surface area (TPSA) is 60.7 Å². The van der Waals surface area contributed by atoms with Crippen molar-refractivity contribution in [2.24, 2.45) is 40.4 Å². The number of hydrogen-bond donors (Lipinski definition) is 3. The van der Waals surface area contributed by atoms with Gasteiger partial charge in [0.1, 0.15) is 0 Å². The second-order valence-electron chi connectivity index (χ2n) is 12.6. The van der Waals surface area contributed by atoms with Gasteiger partial charge in [-0.1, -0.05) is 51.5 Å². The van der Waals surface area contributed by atoms with Crippen molar-refractivity contribution in [2.45, 2.75) is 110 Å². The van der Waals surface area contributed by atoms with Gasteiger partial charge in [-0.15, -0.1) is 0 Å². The fraction of sp³-hybridized carbons (Fsp3) is 0.857. The number of hydrogen-bond acceptors (Lipinski definition) is 3. The van der Waals surface area contributed by atoms with Crippen LogP contribution >= 0.6 is 0 Å². The summed E-state index contributed by atoms with van der Waals surface area (Å²) in [6, 6.07) is 0. The van der Waals surface area contributed by atoms with E-state index in [0.29, 0.717) is 17.8 Å². The van der Waals surface area contributed by atoms with E-state index in [-0.39, 0.29) is 28.8 Å². The van der Waals surface area contributed by atoms with Gasteiger partial charge >= 0.3 is 0 Å². The van der Waals surface area contributed by atoms with Crippen molar-refractivity contribution in [3.05, 3.63) is 23.8 Å². The first-order valence-corrected chi connectivity index (χ1v) is 12.9. The molecule has 3 heteroatoms. The highest BCUT2D eigenvalue weighted by atomic mass is 16.3. The number of allylic oxidation sites excluding steroid dienone is 1. The molecule has 0 spiro atoms. The number of aliphatic hydroxyl groups excluding tert-OH is 2. The molecule has 176 valence electrons. The molecular formula is C28H46O3. The summed E-state index contributed by atoms with van der Waals surface area (Å²) in [5.41, 5.74) is 2.06. The van der Waals surface area contributed by atoms with Gasteiger partial charge in [-0.05, 0) is 105 Å². The van der Waals surface area contributed by atoms with Gasteiger partial charge in [0, 0.05) is 0 Å². The molecule has 3 fully saturated rings. The molecule has 9 atom stereocenters. The Hall–Kier alpha value is -0.640. The van der Waals surface area contributed by atoms with E-state index in [2.05, 4.69) is 47.3 Å². The zero-order chi connectivity index (χ0) is 22.8. The Morgan fingerprint density at radius 1 is 1.13 bits per heavy atom. The summed E-state index contributed by atoms with van der Waals surface area (Å²) in [5, 5.41) is 33.2. The Balaban J connectivity index is 1.57. The van der Waals surface area contributed by atoms with Crippen molar-refractivity contribution in [2.75, 3.05) is 0 Å². The summed E-state index contributed by atoms with van der Waals surface area (Å²) >= 11 is 0. The molecule has 0 amide bonds. The lowest BCUT2D eigenvalue weighted by molar-refractivity contribution is -0.125. The van der Waals surface area contributed by atoms with Gasteiger partial charge in [-0.2, -0.15) is 0 Å². The molecule has 0 aromatic rings. The third kappa shape index (κ3) is 3.77. The summed E-state index contributed by atoms with van der Waals surface area (Å²) in [4.78, 5) is 0. The van der Waals surface area contributed by atoms with Crippen molar-refractivity contribution < 1.29 is 15.3 Å². The second kappa shape index (κ2) is 7.99. The monoisotopic (exact) mass is 430 g/mol. The highest BCUT2D eigenvalue weighted by molar-refractivity contribution is 5.28. The average Bonchev–Trinajstić information content (AvgIpc) is 3.05. The van der Waals surface area contributed by atoms with Crippen LogP contribution in [0.2, 0.25) is 0 Å². The van der Waals surface area contributed by atoms with Gasteiger partial charge in [-0.3, -0.25) is 0 Å². The van der Waals surface area contributed by atoms with E-state index in [0.717, 1.165) is 57.8 Å². The van der Waals surface area contributed by atoms with E-state index in [1.807, 2.05) is 0 Å². The maximum absolute atomic E-state index is 11.6. The van der Waals surface area contributed by atoms with Gasteiger partial charge in [-0.25, -0.2) is 0 Å². The van der Waals surface area contributed by atoms with Crippen molar-refractivity contribution >= 4 is 0 Å². The first-order valence-electron chi connectivity index (χ1n) is 12.9. The van der Waals surface area contributed by atoms with Crippen LogP contribution in [0.5, 0.6) is 0 Å². The van der Waals surface area contributed by atoms with Crippen molar-refractivity contribution in [3.63, 3.8) is 0 Å². The van der Waals surface area contributed by atoms with E-state index >= 15 is 0 Å². The van der Waals surface area contributed by atoms with Gasteiger partial charge in [0.2, 0.25) is 0 Å². The first-order chi connectivity index (χ1) is 14.4. The van der Waals surface area contributed by atoms with Crippen LogP contribution in [0.15, 0.2) is 23.8 Å². The van der Waals surface area contributed by atoms with Gasteiger partial charge in [0.25, 0.3) is 0 Å². The molecule has 0 saturated heterocycles. The van der Waals surface area contributed by atoms with E-state index in [4.69, 9.17) is 0 Å². The molecule has 0 unspecified atom stereocenters. The van der Waals surface area contributed by atoms with E-state index in [1.54, 1.807) is 0 Å². The summed E-state index contributed by atoms with van der Waals surface area (Å²) in [7, 11) is 0. The Morgan fingerprint density at radius 2 is 1.84 bits per heavy atom. The Kier molecular flexibility index (Phi) is 6.06. The second-order valence-corrected chi connectivity index (χ2v) is 12.6. The highest BCUT2D eigenvalue weighted by Gasteiger charge is 2.62. The minimum absolute atomic E-state index is 0.0840. The lowest BCUT2D eigenvalue weighted by Crippen LogP contribution is -2.56. The average molecular weight is 431 g/mol. The molecule has 3 N–H and O–H groups in total. The first kappa shape index (κ1) is 23.5. The molecule has 0 heterocycles. The molecule has 4 aliphatic rings. The van der Waals surface area contributed by atoms with Crippen molar-refractivity contribution in [1.82, 2.24) is 0 Å². The predicted molar refractivity (Wildman–Crippen MR) is 126 cm³/mol. The Morgan fingerprint density at radius 3 is 2.52 bits per heavy atom. The smallest absolute Gasteiger partial charge is 0.0757 e. The zero-order valence-corrected chi connectivity index (χ0v) is 20.5. The van der Waals surface area contributed by atoms with Crippen LogP contribution in [0.1, 0.15) is 92.4 Å². The van der Waals surface area contributed by atoms with E-state index in [1.165, 1.54) is 11.1 Å². The fourth-order valence-corrected chi connectivity index (χ4v) is 8.53. The lowest BCUT2D eigenvalue weighted by atomic mass is 9.46. The quantitative estimate of drug-likeness (QED) is 0.495.